The van der Waals surface area contributed by atoms with Gasteiger partial charge in [0.1, 0.15) is 0 Å². The summed E-state index contributed by atoms with van der Waals surface area (Å²) < 4.78 is 0. The number of nitrogens with zero attached hydrogens (tertiary/aromatic N) is 1. The number of amides is 2. The van der Waals surface area contributed by atoms with E-state index in [1.807, 2.05) is 17.9 Å². The van der Waals surface area contributed by atoms with Crippen molar-refractivity contribution in [3.05, 3.63) is 41.5 Å². The van der Waals surface area contributed by atoms with Crippen LogP contribution in [-0.4, -0.2) is 36.3 Å². The van der Waals surface area contributed by atoms with Crippen LogP contribution >= 0.6 is 0 Å². The highest BCUT2D eigenvalue weighted by molar-refractivity contribution is 5.92. The highest BCUT2D eigenvalue weighted by Gasteiger charge is 2.26. The number of carbonyl (C=O) groups is 2. The number of hydrogen-bond donors (Lipinski definition) is 1. The summed E-state index contributed by atoms with van der Waals surface area (Å²) >= 11 is 0. The van der Waals surface area contributed by atoms with Gasteiger partial charge < -0.3 is 10.2 Å². The van der Waals surface area contributed by atoms with E-state index in [-0.39, 0.29) is 23.1 Å². The van der Waals surface area contributed by atoms with Crippen LogP contribution < -0.4 is 5.32 Å². The Morgan fingerprint density at radius 3 is 2.31 bits per heavy atom. The van der Waals surface area contributed by atoms with Crippen molar-refractivity contribution in [3.8, 4) is 0 Å². The van der Waals surface area contributed by atoms with Crippen LogP contribution in [0.4, 0.5) is 0 Å². The van der Waals surface area contributed by atoms with E-state index in [1.165, 1.54) is 5.56 Å². The Kier molecular flexibility index (Phi) is 7.01. The van der Waals surface area contributed by atoms with Crippen molar-refractivity contribution in [1.82, 2.24) is 10.2 Å². The second-order valence-electron chi connectivity index (χ2n) is 8.10. The van der Waals surface area contributed by atoms with E-state index in [9.17, 15) is 9.59 Å². The third-order valence-corrected chi connectivity index (χ3v) is 4.92. The second kappa shape index (κ2) is 9.02. The summed E-state index contributed by atoms with van der Waals surface area (Å²) in [5.41, 5.74) is 2.44. The largest absolute Gasteiger partial charge is 0.356 e. The van der Waals surface area contributed by atoms with Gasteiger partial charge in [-0.3, -0.25) is 9.59 Å². The Bertz CT molecular complexity index is 633. The Labute approximate surface area is 157 Å². The Morgan fingerprint density at radius 2 is 1.77 bits per heavy atom. The molecule has 4 nitrogen and oxygen atoms in total. The fourth-order valence-electron chi connectivity index (χ4n) is 3.12. The Morgan fingerprint density at radius 1 is 1.15 bits per heavy atom. The van der Waals surface area contributed by atoms with E-state index in [0.29, 0.717) is 13.1 Å². The lowest BCUT2D eigenvalue weighted by molar-refractivity contribution is -0.132. The number of rotatable bonds is 5. The zero-order valence-electron chi connectivity index (χ0n) is 16.5. The molecule has 0 aliphatic carbocycles. The first-order valence-electron chi connectivity index (χ1n) is 9.66. The standard InChI is InChI=1S/C22H32N2O2/c1-5-14-23-21(26)18-12-15-24(16-13-18)20(25)11-8-17-6-9-19(10-7-17)22(2,3)4/h6-11,18H,5,12-16H2,1-4H3,(H,23,26)/b11-8+. The molecule has 1 aromatic rings. The lowest BCUT2D eigenvalue weighted by Crippen LogP contribution is -2.42. The second-order valence-corrected chi connectivity index (χ2v) is 8.10. The summed E-state index contributed by atoms with van der Waals surface area (Å²) in [5.74, 6) is 0.199. The third-order valence-electron chi connectivity index (χ3n) is 4.92. The first-order valence-corrected chi connectivity index (χ1v) is 9.66. The first kappa shape index (κ1) is 20.2. The molecule has 0 bridgehead atoms. The molecule has 4 heteroatoms. The van der Waals surface area contributed by atoms with Crippen LogP contribution in [0, 0.1) is 5.92 Å². The molecule has 0 unspecified atom stereocenters. The minimum absolute atomic E-state index is 0.0253. The third kappa shape index (κ3) is 5.72. The van der Waals surface area contributed by atoms with Crippen molar-refractivity contribution in [2.24, 2.45) is 5.92 Å². The quantitative estimate of drug-likeness (QED) is 0.817. The molecular weight excluding hydrogens is 324 g/mol. The van der Waals surface area contributed by atoms with Gasteiger partial charge in [-0.2, -0.15) is 0 Å². The van der Waals surface area contributed by atoms with Crippen LogP contribution in [0.25, 0.3) is 6.08 Å². The van der Waals surface area contributed by atoms with Crippen LogP contribution in [0.2, 0.25) is 0 Å². The summed E-state index contributed by atoms with van der Waals surface area (Å²) in [5, 5.41) is 2.95. The lowest BCUT2D eigenvalue weighted by atomic mass is 9.87. The summed E-state index contributed by atoms with van der Waals surface area (Å²) in [6.07, 6.45) is 5.95. The van der Waals surface area contributed by atoms with Crippen molar-refractivity contribution in [3.63, 3.8) is 0 Å². The molecule has 0 spiro atoms. The smallest absolute Gasteiger partial charge is 0.246 e. The van der Waals surface area contributed by atoms with Crippen molar-refractivity contribution in [2.45, 2.75) is 52.4 Å². The van der Waals surface area contributed by atoms with Crippen LogP contribution in [0.5, 0.6) is 0 Å². The van der Waals surface area contributed by atoms with Gasteiger partial charge in [0.2, 0.25) is 11.8 Å². The Balaban J connectivity index is 1.85. The number of likely N-dealkylation sites (tertiary alicyclic amines) is 1. The minimum Gasteiger partial charge on any atom is -0.356 e. The summed E-state index contributed by atoms with van der Waals surface area (Å²) in [4.78, 5) is 26.2. The highest BCUT2D eigenvalue weighted by Crippen LogP contribution is 2.22. The predicted molar refractivity (Wildman–Crippen MR) is 107 cm³/mol. The van der Waals surface area contributed by atoms with Gasteiger partial charge in [0.25, 0.3) is 0 Å². The maximum atomic E-state index is 12.4. The van der Waals surface area contributed by atoms with Crippen LogP contribution in [0.15, 0.2) is 30.3 Å². The molecule has 0 aromatic heterocycles. The molecule has 0 atom stereocenters. The number of hydrogen-bond acceptors (Lipinski definition) is 2. The Hall–Kier alpha value is -2.10. The highest BCUT2D eigenvalue weighted by atomic mass is 16.2. The molecule has 2 rings (SSSR count). The van der Waals surface area contributed by atoms with Gasteiger partial charge in [0.15, 0.2) is 0 Å². The molecule has 1 fully saturated rings. The molecule has 1 aliphatic heterocycles. The molecule has 1 aromatic carbocycles. The minimum atomic E-state index is 0.0253. The van der Waals surface area contributed by atoms with E-state index in [4.69, 9.17) is 0 Å². The van der Waals surface area contributed by atoms with Crippen molar-refractivity contribution in [1.29, 1.82) is 0 Å². The fourth-order valence-corrected chi connectivity index (χ4v) is 3.12. The van der Waals surface area contributed by atoms with Gasteiger partial charge >= 0.3 is 0 Å². The molecule has 1 heterocycles. The SMILES string of the molecule is CCCNC(=O)C1CCN(C(=O)/C=C/c2ccc(C(C)(C)C)cc2)CC1. The summed E-state index contributed by atoms with van der Waals surface area (Å²) in [6.45, 7) is 10.6. The van der Waals surface area contributed by atoms with Crippen LogP contribution in [0.1, 0.15) is 58.1 Å². The van der Waals surface area contributed by atoms with Gasteiger partial charge in [0, 0.05) is 31.6 Å². The van der Waals surface area contributed by atoms with Crippen molar-refractivity contribution < 1.29 is 9.59 Å². The van der Waals surface area contributed by atoms with Crippen LogP contribution in [0.3, 0.4) is 0 Å². The molecule has 1 aliphatic rings. The van der Waals surface area contributed by atoms with Gasteiger partial charge in [-0.1, -0.05) is 52.0 Å². The topological polar surface area (TPSA) is 49.4 Å². The summed E-state index contributed by atoms with van der Waals surface area (Å²) in [7, 11) is 0. The molecule has 1 N–H and O–H groups in total. The first-order chi connectivity index (χ1) is 12.3. The van der Waals surface area contributed by atoms with Crippen molar-refractivity contribution >= 4 is 17.9 Å². The monoisotopic (exact) mass is 356 g/mol. The molecular formula is C22H32N2O2. The number of carbonyl (C=O) groups excluding carboxylic acids is 2. The molecule has 2 amide bonds. The molecule has 0 radical (unpaired) electrons. The van der Waals surface area contributed by atoms with E-state index >= 15 is 0 Å². The van der Waals surface area contributed by atoms with Gasteiger partial charge in [-0.05, 0) is 41.9 Å². The van der Waals surface area contributed by atoms with E-state index in [1.54, 1.807) is 6.08 Å². The van der Waals surface area contributed by atoms with E-state index in [2.05, 4.69) is 50.4 Å². The van der Waals surface area contributed by atoms with E-state index < -0.39 is 0 Å². The summed E-state index contributed by atoms with van der Waals surface area (Å²) in [6, 6.07) is 8.33. The molecule has 1 saturated heterocycles. The fraction of sp³-hybridized carbons (Fsp3) is 0.545. The zero-order valence-corrected chi connectivity index (χ0v) is 16.5. The number of nitrogens with one attached hydrogen (secondary N) is 1. The average molecular weight is 357 g/mol. The normalized spacial score (nSPS) is 16.1. The molecule has 142 valence electrons. The van der Waals surface area contributed by atoms with Crippen LogP contribution in [-0.2, 0) is 15.0 Å². The van der Waals surface area contributed by atoms with Crippen molar-refractivity contribution in [2.75, 3.05) is 19.6 Å². The molecule has 26 heavy (non-hydrogen) atoms. The zero-order chi connectivity index (χ0) is 19.2. The average Bonchev–Trinajstić information content (AvgIpc) is 2.64. The van der Waals surface area contributed by atoms with E-state index in [0.717, 1.165) is 31.4 Å². The number of piperidine rings is 1. The van der Waals surface area contributed by atoms with Gasteiger partial charge in [-0.25, -0.2) is 0 Å². The predicted octanol–water partition coefficient (Wildman–Crippen LogP) is 3.76. The lowest BCUT2D eigenvalue weighted by Gasteiger charge is -2.30. The molecule has 0 saturated carbocycles. The maximum absolute atomic E-state index is 12.4. The maximum Gasteiger partial charge on any atom is 0.246 e. The van der Waals surface area contributed by atoms with Gasteiger partial charge in [0.05, 0.1) is 0 Å². The number of benzene rings is 1. The van der Waals surface area contributed by atoms with Gasteiger partial charge in [-0.15, -0.1) is 0 Å².